The molecule has 6 rings (SSSR count). The van der Waals surface area contributed by atoms with Crippen molar-refractivity contribution in [2.45, 2.75) is 24.3 Å². The van der Waals surface area contributed by atoms with Gasteiger partial charge in [-0.3, -0.25) is 4.99 Å². The summed E-state index contributed by atoms with van der Waals surface area (Å²) < 4.78 is 53.9. The Morgan fingerprint density at radius 3 is 2.57 bits per heavy atom. The first-order chi connectivity index (χ1) is 16.8. The molecule has 1 aromatic carbocycles. The zero-order chi connectivity index (χ0) is 24.2. The van der Waals surface area contributed by atoms with Crippen LogP contribution in [-0.4, -0.2) is 48.0 Å². The largest absolute Gasteiger partial charge is 0.455 e. The van der Waals surface area contributed by atoms with Crippen LogP contribution in [0.4, 0.5) is 19.0 Å². The maximum Gasteiger partial charge on any atom is 0.251 e. The number of hydrogen-bond acceptors (Lipinski definition) is 7. The third kappa shape index (κ3) is 3.68. The van der Waals surface area contributed by atoms with Crippen molar-refractivity contribution in [1.29, 1.82) is 0 Å². The number of anilines is 1. The number of aliphatic imine (C=N–C) groups is 1. The van der Waals surface area contributed by atoms with Crippen LogP contribution in [0.3, 0.4) is 0 Å². The molecule has 10 heteroatoms. The normalized spacial score (nSPS) is 22.7. The number of hydrogen-bond donors (Lipinski definition) is 1. The molecule has 3 aromatic rings. The van der Waals surface area contributed by atoms with Crippen LogP contribution in [0.1, 0.15) is 24.0 Å². The van der Waals surface area contributed by atoms with E-state index in [0.29, 0.717) is 45.4 Å². The first-order valence-corrected chi connectivity index (χ1v) is 11.3. The Bertz CT molecular complexity index is 1340. The highest BCUT2D eigenvalue weighted by Gasteiger charge is 2.46. The van der Waals surface area contributed by atoms with E-state index in [0.717, 1.165) is 0 Å². The molecule has 2 aromatic heterocycles. The topological polar surface area (TPSA) is 85.9 Å². The van der Waals surface area contributed by atoms with Crippen LogP contribution in [0, 0.1) is 5.95 Å². The number of nitrogens with two attached hydrogens (primary N) is 1. The van der Waals surface area contributed by atoms with Crippen molar-refractivity contribution in [3.63, 3.8) is 0 Å². The summed E-state index contributed by atoms with van der Waals surface area (Å²) >= 11 is 0. The van der Waals surface area contributed by atoms with Crippen LogP contribution in [0.5, 0.6) is 11.5 Å². The van der Waals surface area contributed by atoms with Gasteiger partial charge in [-0.15, -0.1) is 0 Å². The fraction of sp³-hybridized carbons (Fsp3) is 0.320. The molecule has 2 N–H and O–H groups in total. The quantitative estimate of drug-likeness (QED) is 0.551. The third-order valence-electron chi connectivity index (χ3n) is 6.73. The predicted octanol–water partition coefficient (Wildman–Crippen LogP) is 4.25. The highest BCUT2D eigenvalue weighted by molar-refractivity contribution is 5.84. The number of aromatic nitrogens is 2. The Kier molecular flexibility index (Phi) is 4.96. The molecule has 1 fully saturated rings. The van der Waals surface area contributed by atoms with Crippen LogP contribution in [0.15, 0.2) is 53.8 Å². The average molecular weight is 481 g/mol. The standard InChI is InChI=1S/C25H22F3N5O2/c26-23-16(2-1-7-30-23)15-3-4-19-17(10-15)25(14-34-13-21(29)32-25)18-11-22(31-12-20(18)35-19)33-8-5-24(27,28)6-9-33/h1-4,7,10-12H,5-6,8-9,13-14H2,(H2,29,32)/t25-/m0/s1. The summed E-state index contributed by atoms with van der Waals surface area (Å²) in [6.45, 7) is 0.742. The lowest BCUT2D eigenvalue weighted by Gasteiger charge is -2.40. The molecular weight excluding hydrogens is 459 g/mol. The van der Waals surface area contributed by atoms with Crippen LogP contribution in [-0.2, 0) is 10.3 Å². The van der Waals surface area contributed by atoms with Crippen molar-refractivity contribution < 1.29 is 22.6 Å². The summed E-state index contributed by atoms with van der Waals surface area (Å²) in [6, 6.07) is 10.4. The molecule has 0 amide bonds. The fourth-order valence-corrected chi connectivity index (χ4v) is 4.94. The molecule has 0 unspecified atom stereocenters. The zero-order valence-corrected chi connectivity index (χ0v) is 18.7. The van der Waals surface area contributed by atoms with E-state index in [2.05, 4.69) is 9.97 Å². The first-order valence-electron chi connectivity index (χ1n) is 11.3. The second-order valence-electron chi connectivity index (χ2n) is 8.99. The Hall–Kier alpha value is -3.66. The maximum absolute atomic E-state index is 14.5. The number of amidine groups is 1. The molecule has 0 bridgehead atoms. The SMILES string of the molecule is NC1=N[C@@]2(COC1)c1cc(-c3cccnc3F)ccc1Oc1cnc(N3CCC(F)(F)CC3)cc12. The minimum Gasteiger partial charge on any atom is -0.455 e. The molecule has 3 aliphatic rings. The van der Waals surface area contributed by atoms with Gasteiger partial charge in [-0.05, 0) is 35.9 Å². The molecule has 0 saturated carbocycles. The minimum atomic E-state index is -2.66. The highest BCUT2D eigenvalue weighted by atomic mass is 19.3. The Morgan fingerprint density at radius 2 is 1.80 bits per heavy atom. The number of rotatable bonds is 2. The van der Waals surface area contributed by atoms with Crippen molar-refractivity contribution in [1.82, 2.24) is 9.97 Å². The van der Waals surface area contributed by atoms with E-state index in [-0.39, 0.29) is 39.1 Å². The van der Waals surface area contributed by atoms with Gasteiger partial charge < -0.3 is 20.1 Å². The van der Waals surface area contributed by atoms with Gasteiger partial charge in [0.1, 0.15) is 29.5 Å². The number of benzene rings is 1. The molecule has 0 aliphatic carbocycles. The molecule has 0 radical (unpaired) electrons. The van der Waals surface area contributed by atoms with E-state index in [1.54, 1.807) is 30.5 Å². The second kappa shape index (κ2) is 7.94. The average Bonchev–Trinajstić information content (AvgIpc) is 2.85. The van der Waals surface area contributed by atoms with Gasteiger partial charge in [0.25, 0.3) is 5.92 Å². The summed E-state index contributed by atoms with van der Waals surface area (Å²) in [5.41, 5.74) is 7.36. The van der Waals surface area contributed by atoms with Gasteiger partial charge in [0.15, 0.2) is 5.75 Å². The van der Waals surface area contributed by atoms with Gasteiger partial charge in [0.2, 0.25) is 5.95 Å². The molecule has 180 valence electrons. The fourth-order valence-electron chi connectivity index (χ4n) is 4.94. The smallest absolute Gasteiger partial charge is 0.251 e. The number of halogens is 3. The van der Waals surface area contributed by atoms with Gasteiger partial charge in [-0.2, -0.15) is 4.39 Å². The van der Waals surface area contributed by atoms with Crippen LogP contribution in [0.2, 0.25) is 0 Å². The Labute approximate surface area is 199 Å². The highest BCUT2D eigenvalue weighted by Crippen LogP contribution is 2.51. The van der Waals surface area contributed by atoms with Crippen LogP contribution in [0.25, 0.3) is 11.1 Å². The zero-order valence-electron chi connectivity index (χ0n) is 18.7. The number of fused-ring (bicyclic) bond motifs is 4. The molecule has 1 atom stereocenters. The first kappa shape index (κ1) is 21.8. The van der Waals surface area contributed by atoms with E-state index >= 15 is 0 Å². The summed E-state index contributed by atoms with van der Waals surface area (Å²) in [4.78, 5) is 14.9. The third-order valence-corrected chi connectivity index (χ3v) is 6.73. The second-order valence-corrected chi connectivity index (χ2v) is 8.99. The van der Waals surface area contributed by atoms with Gasteiger partial charge in [-0.25, -0.2) is 18.7 Å². The number of alkyl halides is 2. The van der Waals surface area contributed by atoms with E-state index in [1.807, 2.05) is 17.0 Å². The van der Waals surface area contributed by atoms with Gasteiger partial charge in [0, 0.05) is 48.8 Å². The molecule has 5 heterocycles. The van der Waals surface area contributed by atoms with Gasteiger partial charge in [-0.1, -0.05) is 6.07 Å². The summed E-state index contributed by atoms with van der Waals surface area (Å²) in [5, 5.41) is 0. The van der Waals surface area contributed by atoms with E-state index in [4.69, 9.17) is 20.2 Å². The van der Waals surface area contributed by atoms with Gasteiger partial charge in [0.05, 0.1) is 12.8 Å². The number of nitrogens with zero attached hydrogens (tertiary/aromatic N) is 4. The summed E-state index contributed by atoms with van der Waals surface area (Å²) in [7, 11) is 0. The monoisotopic (exact) mass is 481 g/mol. The summed E-state index contributed by atoms with van der Waals surface area (Å²) in [6.07, 6.45) is 2.51. The molecule has 1 saturated heterocycles. The van der Waals surface area contributed by atoms with Crippen LogP contribution < -0.4 is 15.4 Å². The van der Waals surface area contributed by atoms with E-state index in [9.17, 15) is 13.2 Å². The van der Waals surface area contributed by atoms with Crippen molar-refractivity contribution in [3.05, 3.63) is 65.9 Å². The molecule has 35 heavy (non-hydrogen) atoms. The molecular formula is C25H22F3N5O2. The van der Waals surface area contributed by atoms with E-state index in [1.165, 1.54) is 6.20 Å². The lowest BCUT2D eigenvalue weighted by atomic mass is 9.80. The van der Waals surface area contributed by atoms with Crippen molar-refractivity contribution in [3.8, 4) is 22.6 Å². The number of pyridine rings is 2. The van der Waals surface area contributed by atoms with Crippen molar-refractivity contribution in [2.24, 2.45) is 10.7 Å². The predicted molar refractivity (Wildman–Crippen MR) is 124 cm³/mol. The lowest BCUT2D eigenvalue weighted by Crippen LogP contribution is -2.43. The Balaban J connectivity index is 1.49. The molecule has 3 aliphatic heterocycles. The lowest BCUT2D eigenvalue weighted by molar-refractivity contribution is -0.0221. The van der Waals surface area contributed by atoms with E-state index < -0.39 is 17.4 Å². The molecule has 7 nitrogen and oxygen atoms in total. The molecule has 1 spiro atoms. The summed E-state index contributed by atoms with van der Waals surface area (Å²) in [5.74, 6) is -1.38. The minimum absolute atomic E-state index is 0.178. The number of piperidine rings is 1. The maximum atomic E-state index is 14.5. The Morgan fingerprint density at radius 1 is 1.00 bits per heavy atom. The van der Waals surface area contributed by atoms with Gasteiger partial charge >= 0.3 is 0 Å². The van der Waals surface area contributed by atoms with Crippen molar-refractivity contribution in [2.75, 3.05) is 31.2 Å². The number of ether oxygens (including phenoxy) is 2. The van der Waals surface area contributed by atoms with Crippen LogP contribution >= 0.6 is 0 Å². The van der Waals surface area contributed by atoms with Crippen molar-refractivity contribution >= 4 is 11.7 Å².